The number of nitrogens with zero attached hydrogens (tertiary/aromatic N) is 6. The minimum absolute atomic E-state index is 0.112. The molecule has 1 aromatic carbocycles. The first kappa shape index (κ1) is 71.5. The second-order valence-corrected chi connectivity index (χ2v) is 24.8. The molecule has 23 heteroatoms. The Morgan fingerprint density at radius 1 is 0.631 bits per heavy atom. The number of rotatable bonds is 12. The van der Waals surface area contributed by atoms with Crippen LogP contribution >= 0.6 is 0 Å². The molecule has 0 saturated carbocycles. The van der Waals surface area contributed by atoms with Gasteiger partial charge in [-0.25, -0.2) is 4.79 Å². The van der Waals surface area contributed by atoms with Gasteiger partial charge in [-0.2, -0.15) is 0 Å². The Morgan fingerprint density at radius 3 is 1.68 bits per heavy atom. The summed E-state index contributed by atoms with van der Waals surface area (Å²) in [7, 11) is 8.45. The number of likely N-dealkylation sites (N-methyl/N-ethyl adjacent to an activating group) is 5. The molecule has 11 atom stereocenters. The standard InChI is InChI=1S/C61H99N9O14/c1-21-37(9)50-52(73)62-33-45(71)66(16)48(35(5)6)53(74)63-42(31-40-26-28-41(82-20)29-27-40)60(81)83-39(11)55(76)70-30-24-23-25-43(70)56(77)67(17)49(36(7)8)54(75)64-47(34(3)4)58(79)65(15)44(32-46(72)84-61(12,13)14)57(78)69(19)51(38(10)22-2)59(80)68(50)18/h26-29,34-39,42-44,47-51H,21-25,30-33H2,1-20H3,(H,62,73)(H,63,74)(H,64,75)/t37-,38-,39+,42-,43-,44-,47-,48-,49-,50-,51?/m0/s1. The minimum atomic E-state index is -1.59. The third kappa shape index (κ3) is 18.3. The lowest BCUT2D eigenvalue weighted by atomic mass is 9.92. The zero-order valence-electron chi connectivity index (χ0n) is 53.7. The van der Waals surface area contributed by atoms with E-state index in [1.807, 2.05) is 13.8 Å². The second kappa shape index (κ2) is 31.4. The summed E-state index contributed by atoms with van der Waals surface area (Å²) in [6.45, 7) is 23.2. The molecule has 2 aliphatic rings. The highest BCUT2D eigenvalue weighted by molar-refractivity contribution is 5.99. The van der Waals surface area contributed by atoms with Crippen molar-refractivity contribution in [1.82, 2.24) is 45.3 Å². The Labute approximate surface area is 498 Å². The summed E-state index contributed by atoms with van der Waals surface area (Å²) >= 11 is 0. The van der Waals surface area contributed by atoms with E-state index in [0.717, 1.165) is 9.80 Å². The monoisotopic (exact) mass is 1180 g/mol. The van der Waals surface area contributed by atoms with Crippen molar-refractivity contribution >= 4 is 65.1 Å². The molecule has 2 saturated heterocycles. The average molecular weight is 1180 g/mol. The summed E-state index contributed by atoms with van der Waals surface area (Å²) in [5.74, 6) is -10.4. The van der Waals surface area contributed by atoms with Gasteiger partial charge in [0.15, 0.2) is 6.10 Å². The number of cyclic esters (lactones) is 1. The Hall–Kier alpha value is -6.81. The zero-order chi connectivity index (χ0) is 64.0. The number of amides is 9. The van der Waals surface area contributed by atoms with Crippen molar-refractivity contribution in [2.24, 2.45) is 29.6 Å². The highest BCUT2D eigenvalue weighted by atomic mass is 16.6. The first-order valence-electron chi connectivity index (χ1n) is 29.6. The lowest BCUT2D eigenvalue weighted by Crippen LogP contribution is -2.63. The Balaban J connectivity index is 2.31. The molecule has 9 amide bonds. The van der Waals surface area contributed by atoms with E-state index in [1.165, 1.54) is 68.9 Å². The van der Waals surface area contributed by atoms with Crippen LogP contribution in [0.3, 0.4) is 0 Å². The molecule has 23 nitrogen and oxygen atoms in total. The predicted octanol–water partition coefficient (Wildman–Crippen LogP) is 3.58. The Morgan fingerprint density at radius 2 is 1.15 bits per heavy atom. The summed E-state index contributed by atoms with van der Waals surface area (Å²) < 4.78 is 16.9. The number of piperidine rings is 1. The lowest BCUT2D eigenvalue weighted by molar-refractivity contribution is -0.165. The van der Waals surface area contributed by atoms with Gasteiger partial charge in [0, 0.05) is 48.2 Å². The van der Waals surface area contributed by atoms with Crippen LogP contribution in [0.1, 0.15) is 141 Å². The van der Waals surface area contributed by atoms with E-state index < -0.39 is 168 Å². The maximum absolute atomic E-state index is 15.2. The molecule has 0 spiro atoms. The molecule has 0 aromatic heterocycles. The molecule has 3 N–H and O–H groups in total. The SMILES string of the molecule is CC[C@H](C)C1C(=O)N(C)[C@@H]([C@@H](C)CC)C(=O)NCC(=O)N(C)[C@@H](C(C)C)C(=O)N[C@@H](Cc2ccc(OC)cc2)C(=O)O[C@H](C)C(=O)N2CCCC[C@H]2C(=O)N(C)[C@@H](C(C)C)C(=O)N[C@@H](C(C)C)C(=O)N(C)[C@@H](CC(=O)OC(C)(C)C)C(=O)N1C. The third-order valence-electron chi connectivity index (χ3n) is 16.2. The molecule has 0 radical (unpaired) electrons. The fourth-order valence-electron chi connectivity index (χ4n) is 11.0. The first-order valence-corrected chi connectivity index (χ1v) is 29.6. The number of fused-ring (bicyclic) bond motifs is 1. The number of hydrogen-bond donors (Lipinski definition) is 3. The minimum Gasteiger partial charge on any atom is -0.497 e. The van der Waals surface area contributed by atoms with Crippen LogP contribution in [0.25, 0.3) is 0 Å². The summed E-state index contributed by atoms with van der Waals surface area (Å²) in [6.07, 6.45) is -0.194. The van der Waals surface area contributed by atoms with Crippen LogP contribution in [0.4, 0.5) is 0 Å². The van der Waals surface area contributed by atoms with Crippen molar-refractivity contribution in [3.8, 4) is 5.75 Å². The fraction of sp³-hybridized carbons (Fsp3) is 0.721. The van der Waals surface area contributed by atoms with Crippen molar-refractivity contribution in [2.75, 3.05) is 55.4 Å². The highest BCUT2D eigenvalue weighted by Gasteiger charge is 2.46. The first-order chi connectivity index (χ1) is 39.1. The molecule has 0 aliphatic carbocycles. The van der Waals surface area contributed by atoms with Gasteiger partial charge in [-0.1, -0.05) is 94.2 Å². The topological polar surface area (TPSA) is 271 Å². The van der Waals surface area contributed by atoms with E-state index in [0.29, 0.717) is 37.0 Å². The normalized spacial score (nSPS) is 26.2. The number of benzene rings is 1. The number of esters is 2. The van der Waals surface area contributed by atoms with E-state index in [9.17, 15) is 43.2 Å². The third-order valence-corrected chi connectivity index (χ3v) is 16.2. The number of methoxy groups -OCH3 is 1. The number of ether oxygens (including phenoxy) is 3. The molecule has 0 bridgehead atoms. The van der Waals surface area contributed by atoms with Crippen LogP contribution in [0.15, 0.2) is 24.3 Å². The van der Waals surface area contributed by atoms with Gasteiger partial charge in [0.1, 0.15) is 59.7 Å². The fourth-order valence-corrected chi connectivity index (χ4v) is 11.0. The maximum atomic E-state index is 15.2. The van der Waals surface area contributed by atoms with E-state index in [4.69, 9.17) is 14.2 Å². The summed E-state index contributed by atoms with van der Waals surface area (Å²) in [5, 5.41) is 8.30. The second-order valence-electron chi connectivity index (χ2n) is 24.8. The molecule has 2 heterocycles. The van der Waals surface area contributed by atoms with Crippen molar-refractivity contribution in [3.63, 3.8) is 0 Å². The zero-order valence-corrected chi connectivity index (χ0v) is 53.7. The molecule has 2 fully saturated rings. The number of hydrogen-bond acceptors (Lipinski definition) is 14. The molecule has 1 unspecified atom stereocenters. The van der Waals surface area contributed by atoms with Crippen LogP contribution in [-0.4, -0.2) is 210 Å². The number of nitrogens with one attached hydrogen (secondary N) is 3. The van der Waals surface area contributed by atoms with Gasteiger partial charge < -0.3 is 59.6 Å². The summed E-state index contributed by atoms with van der Waals surface area (Å²) in [6, 6.07) is -3.55. The Kier molecular flexibility index (Phi) is 26.7. The van der Waals surface area contributed by atoms with E-state index in [2.05, 4.69) is 16.0 Å². The highest BCUT2D eigenvalue weighted by Crippen LogP contribution is 2.27. The van der Waals surface area contributed by atoms with E-state index in [-0.39, 0.29) is 19.4 Å². The Bertz CT molecular complexity index is 2500. The van der Waals surface area contributed by atoms with Crippen LogP contribution in [0.2, 0.25) is 0 Å². The molecule has 472 valence electrons. The van der Waals surface area contributed by atoms with Crippen LogP contribution < -0.4 is 20.7 Å². The van der Waals surface area contributed by atoms with Gasteiger partial charge in [-0.05, 0) is 94.2 Å². The molecule has 1 aromatic rings. The molecular weight excluding hydrogens is 1080 g/mol. The van der Waals surface area contributed by atoms with Crippen LogP contribution in [0.5, 0.6) is 5.75 Å². The van der Waals surface area contributed by atoms with Gasteiger partial charge in [0.25, 0.3) is 5.91 Å². The summed E-state index contributed by atoms with van der Waals surface area (Å²) in [4.78, 5) is 168. The van der Waals surface area contributed by atoms with Crippen LogP contribution in [0, 0.1) is 29.6 Å². The van der Waals surface area contributed by atoms with Gasteiger partial charge in [0.2, 0.25) is 47.3 Å². The largest absolute Gasteiger partial charge is 0.497 e. The summed E-state index contributed by atoms with van der Waals surface area (Å²) in [5.41, 5.74) is -0.414. The maximum Gasteiger partial charge on any atom is 0.329 e. The van der Waals surface area contributed by atoms with Gasteiger partial charge in [-0.3, -0.25) is 47.9 Å². The van der Waals surface area contributed by atoms with Crippen molar-refractivity contribution in [1.29, 1.82) is 0 Å². The van der Waals surface area contributed by atoms with E-state index >= 15 is 9.59 Å². The molecular formula is C61H99N9O14. The van der Waals surface area contributed by atoms with Gasteiger partial charge in [-0.15, -0.1) is 0 Å². The number of carbonyl (C=O) groups is 11. The van der Waals surface area contributed by atoms with Gasteiger partial charge >= 0.3 is 11.9 Å². The van der Waals surface area contributed by atoms with Crippen molar-refractivity contribution in [2.45, 2.75) is 202 Å². The van der Waals surface area contributed by atoms with E-state index in [1.54, 1.807) is 100 Å². The van der Waals surface area contributed by atoms with Crippen LogP contribution in [-0.2, 0) is 68.6 Å². The molecule has 84 heavy (non-hydrogen) atoms. The predicted molar refractivity (Wildman–Crippen MR) is 315 cm³/mol. The smallest absolute Gasteiger partial charge is 0.329 e. The van der Waals surface area contributed by atoms with Crippen molar-refractivity contribution < 1.29 is 67.0 Å². The lowest BCUT2D eigenvalue weighted by Gasteiger charge is -2.41. The van der Waals surface area contributed by atoms with Gasteiger partial charge in [0.05, 0.1) is 20.1 Å². The van der Waals surface area contributed by atoms with Crippen molar-refractivity contribution in [3.05, 3.63) is 29.8 Å². The molecule has 2 aliphatic heterocycles. The molecule has 3 rings (SSSR count). The number of carbonyl (C=O) groups excluding carboxylic acids is 11. The quantitative estimate of drug-likeness (QED) is 0.253. The average Bonchev–Trinajstić information content (AvgIpc) is 3.49.